The molecule has 0 aromatic heterocycles. The zero-order valence-electron chi connectivity index (χ0n) is 18.1. The lowest BCUT2D eigenvalue weighted by molar-refractivity contribution is -0.123. The monoisotopic (exact) mass is 445 g/mol. The van der Waals surface area contributed by atoms with Gasteiger partial charge in [-0.25, -0.2) is 9.29 Å². The second kappa shape index (κ2) is 7.54. The Hall–Kier alpha value is -3.48. The van der Waals surface area contributed by atoms with Crippen molar-refractivity contribution in [2.45, 2.75) is 6.42 Å². The quantitative estimate of drug-likeness (QED) is 0.538. The van der Waals surface area contributed by atoms with Crippen LogP contribution in [0.1, 0.15) is 16.8 Å². The van der Waals surface area contributed by atoms with Gasteiger partial charge in [-0.2, -0.15) is 0 Å². The summed E-state index contributed by atoms with van der Waals surface area (Å²) in [6.07, 6.45) is 5.04. The van der Waals surface area contributed by atoms with E-state index in [2.05, 4.69) is 17.1 Å². The Kier molecular flexibility index (Phi) is 4.60. The molecule has 2 aromatic rings. The second-order valence-corrected chi connectivity index (χ2v) is 9.32. The molecule has 1 saturated carbocycles. The molecule has 6 rings (SSSR count). The molecular weight excluding hydrogens is 421 g/mol. The third-order valence-corrected chi connectivity index (χ3v) is 7.58. The fourth-order valence-electron chi connectivity index (χ4n) is 5.94. The normalized spacial score (nSPS) is 28.1. The Labute approximate surface area is 191 Å². The van der Waals surface area contributed by atoms with Crippen LogP contribution in [-0.4, -0.2) is 48.8 Å². The molecule has 2 saturated heterocycles. The van der Waals surface area contributed by atoms with Gasteiger partial charge in [0.2, 0.25) is 11.8 Å². The number of hydrogen-bond donors (Lipinski definition) is 0. The van der Waals surface area contributed by atoms with Crippen molar-refractivity contribution in [1.82, 2.24) is 4.90 Å². The second-order valence-electron chi connectivity index (χ2n) is 9.32. The third-order valence-electron chi connectivity index (χ3n) is 7.58. The largest absolute Gasteiger partial charge is 0.368 e. The molecule has 0 radical (unpaired) electrons. The minimum Gasteiger partial charge on any atom is -0.368 e. The van der Waals surface area contributed by atoms with E-state index in [-0.39, 0.29) is 47.2 Å². The summed E-state index contributed by atoms with van der Waals surface area (Å²) < 4.78 is 13.2. The van der Waals surface area contributed by atoms with E-state index >= 15 is 0 Å². The molecule has 4 aliphatic rings. The van der Waals surface area contributed by atoms with Gasteiger partial charge in [0.05, 0.1) is 17.5 Å². The number of allylic oxidation sites excluding steroid dienone is 2. The lowest BCUT2D eigenvalue weighted by Crippen LogP contribution is -2.48. The average Bonchev–Trinajstić information content (AvgIpc) is 3.53. The summed E-state index contributed by atoms with van der Waals surface area (Å²) in [4.78, 5) is 44.6. The highest BCUT2D eigenvalue weighted by molar-refractivity contribution is 6.23. The van der Waals surface area contributed by atoms with Gasteiger partial charge in [0.15, 0.2) is 0 Å². The van der Waals surface area contributed by atoms with E-state index < -0.39 is 0 Å². The number of carbonyl (C=O) groups is 3. The molecule has 0 N–H and O–H groups in total. The van der Waals surface area contributed by atoms with Crippen LogP contribution in [0.2, 0.25) is 0 Å². The summed E-state index contributed by atoms with van der Waals surface area (Å²) in [6.45, 7) is 2.39. The molecular formula is C26H24FN3O3. The zero-order valence-corrected chi connectivity index (χ0v) is 18.1. The molecule has 2 aromatic carbocycles. The summed E-state index contributed by atoms with van der Waals surface area (Å²) in [5, 5.41) is 0. The van der Waals surface area contributed by atoms with Crippen LogP contribution >= 0.6 is 0 Å². The zero-order chi connectivity index (χ0) is 22.7. The Balaban J connectivity index is 1.17. The Morgan fingerprint density at radius 2 is 1.45 bits per heavy atom. The Morgan fingerprint density at radius 1 is 0.818 bits per heavy atom. The SMILES string of the molecule is O=C(c1cccc(N2C(=O)[C@H]3[C@H](C2=O)[C@H]2C=C[C@H]3C2)c1)N1CCN(c2ccc(F)cc2)CC1. The number of amides is 3. The van der Waals surface area contributed by atoms with E-state index in [1.54, 1.807) is 41.3 Å². The van der Waals surface area contributed by atoms with Crippen LogP contribution in [0.5, 0.6) is 0 Å². The van der Waals surface area contributed by atoms with Crippen molar-refractivity contribution < 1.29 is 18.8 Å². The van der Waals surface area contributed by atoms with Crippen molar-refractivity contribution in [2.75, 3.05) is 36.0 Å². The summed E-state index contributed by atoms with van der Waals surface area (Å²) in [7, 11) is 0. The van der Waals surface area contributed by atoms with E-state index in [4.69, 9.17) is 0 Å². The molecule has 2 aliphatic carbocycles. The van der Waals surface area contributed by atoms with Gasteiger partial charge in [-0.1, -0.05) is 18.2 Å². The molecule has 168 valence electrons. The molecule has 3 amide bonds. The van der Waals surface area contributed by atoms with Crippen molar-refractivity contribution in [1.29, 1.82) is 0 Å². The summed E-state index contributed by atoms with van der Waals surface area (Å²) in [5.74, 6) is -0.865. The van der Waals surface area contributed by atoms with Gasteiger partial charge in [0, 0.05) is 37.4 Å². The Bertz CT molecular complexity index is 1140. The van der Waals surface area contributed by atoms with Gasteiger partial charge in [-0.3, -0.25) is 14.4 Å². The summed E-state index contributed by atoms with van der Waals surface area (Å²) in [5.41, 5.74) is 1.89. The van der Waals surface area contributed by atoms with Crippen molar-refractivity contribution >= 4 is 29.1 Å². The van der Waals surface area contributed by atoms with Crippen LogP contribution in [0.3, 0.4) is 0 Å². The van der Waals surface area contributed by atoms with Crippen LogP contribution < -0.4 is 9.80 Å². The smallest absolute Gasteiger partial charge is 0.254 e. The van der Waals surface area contributed by atoms with Crippen LogP contribution in [0, 0.1) is 29.5 Å². The minimum atomic E-state index is -0.269. The number of hydrogen-bond acceptors (Lipinski definition) is 4. The number of halogens is 1. The predicted octanol–water partition coefficient (Wildman–Crippen LogP) is 3.10. The van der Waals surface area contributed by atoms with Crippen molar-refractivity contribution in [3.05, 3.63) is 72.1 Å². The van der Waals surface area contributed by atoms with E-state index in [9.17, 15) is 18.8 Å². The standard InChI is InChI=1S/C26H24FN3O3/c27-19-6-8-20(9-7-19)28-10-12-29(13-11-28)24(31)18-2-1-3-21(15-18)30-25(32)22-16-4-5-17(14-16)23(22)26(30)33/h1-9,15-17,22-23H,10-14H2/t16-,17-,22+,23+/m0/s1. The molecule has 2 heterocycles. The molecule has 3 fully saturated rings. The van der Waals surface area contributed by atoms with Crippen LogP contribution in [0.4, 0.5) is 15.8 Å². The number of nitrogens with zero attached hydrogens (tertiary/aromatic N) is 3. The minimum absolute atomic E-state index is 0.114. The van der Waals surface area contributed by atoms with Gasteiger partial charge in [0.1, 0.15) is 5.82 Å². The van der Waals surface area contributed by atoms with E-state index in [1.165, 1.54) is 17.0 Å². The van der Waals surface area contributed by atoms with Crippen molar-refractivity contribution in [3.63, 3.8) is 0 Å². The fraction of sp³-hybridized carbons (Fsp3) is 0.346. The molecule has 2 bridgehead atoms. The van der Waals surface area contributed by atoms with Crippen LogP contribution in [-0.2, 0) is 9.59 Å². The maximum Gasteiger partial charge on any atom is 0.254 e. The molecule has 33 heavy (non-hydrogen) atoms. The number of anilines is 2. The van der Waals surface area contributed by atoms with E-state index in [0.29, 0.717) is 37.4 Å². The van der Waals surface area contributed by atoms with Gasteiger partial charge in [-0.05, 0) is 60.7 Å². The number of imide groups is 1. The van der Waals surface area contributed by atoms with Crippen molar-refractivity contribution in [3.8, 4) is 0 Å². The van der Waals surface area contributed by atoms with E-state index in [0.717, 1.165) is 12.1 Å². The predicted molar refractivity (Wildman–Crippen MR) is 121 cm³/mol. The highest BCUT2D eigenvalue weighted by Crippen LogP contribution is 2.53. The van der Waals surface area contributed by atoms with Crippen LogP contribution in [0.25, 0.3) is 0 Å². The topological polar surface area (TPSA) is 60.9 Å². The molecule has 2 aliphatic heterocycles. The first kappa shape index (κ1) is 20.1. The van der Waals surface area contributed by atoms with Gasteiger partial charge < -0.3 is 9.80 Å². The first-order valence-electron chi connectivity index (χ1n) is 11.5. The number of fused-ring (bicyclic) bond motifs is 5. The third kappa shape index (κ3) is 3.17. The maximum absolute atomic E-state index is 13.2. The van der Waals surface area contributed by atoms with Crippen LogP contribution in [0.15, 0.2) is 60.7 Å². The highest BCUT2D eigenvalue weighted by Gasteiger charge is 2.59. The Morgan fingerprint density at radius 3 is 2.09 bits per heavy atom. The molecule has 0 unspecified atom stereocenters. The lowest BCUT2D eigenvalue weighted by atomic mass is 9.85. The number of piperazine rings is 1. The number of rotatable bonds is 3. The first-order valence-corrected chi connectivity index (χ1v) is 11.5. The average molecular weight is 445 g/mol. The van der Waals surface area contributed by atoms with Crippen molar-refractivity contribution in [2.24, 2.45) is 23.7 Å². The molecule has 0 spiro atoms. The lowest BCUT2D eigenvalue weighted by Gasteiger charge is -2.36. The summed E-state index contributed by atoms with van der Waals surface area (Å²) in [6, 6.07) is 13.2. The molecule has 4 atom stereocenters. The number of carbonyl (C=O) groups excluding carboxylic acids is 3. The van der Waals surface area contributed by atoms with E-state index in [1.807, 2.05) is 0 Å². The fourth-order valence-corrected chi connectivity index (χ4v) is 5.94. The highest BCUT2D eigenvalue weighted by atomic mass is 19.1. The van der Waals surface area contributed by atoms with Gasteiger partial charge in [0.25, 0.3) is 5.91 Å². The van der Waals surface area contributed by atoms with Gasteiger partial charge in [-0.15, -0.1) is 0 Å². The molecule has 6 nitrogen and oxygen atoms in total. The molecule has 7 heteroatoms. The maximum atomic E-state index is 13.2. The summed E-state index contributed by atoms with van der Waals surface area (Å²) >= 11 is 0. The first-order chi connectivity index (χ1) is 16.0. The number of benzene rings is 2. The van der Waals surface area contributed by atoms with Gasteiger partial charge >= 0.3 is 0 Å².